The molecule has 0 aromatic rings. The maximum Gasteiger partial charge on any atom is 0.0907 e. The van der Waals surface area contributed by atoms with E-state index >= 15 is 0 Å². The van der Waals surface area contributed by atoms with Gasteiger partial charge in [0.2, 0.25) is 0 Å². The lowest BCUT2D eigenvalue weighted by atomic mass is 9.96. The molecular weight excluding hydrogens is 107 g/mol. The Hall–Kier alpha value is 0.230. The van der Waals surface area contributed by atoms with E-state index in [-0.39, 0.29) is 0 Å². The molecule has 2 aliphatic heterocycles. The zero-order valence-electron chi connectivity index (χ0n) is 4.42. The minimum Gasteiger partial charge on any atom is -0.323 e. The van der Waals surface area contributed by atoms with Gasteiger partial charge in [0.15, 0.2) is 0 Å². The van der Waals surface area contributed by atoms with Gasteiger partial charge in [0.25, 0.3) is 0 Å². The zero-order chi connectivity index (χ0) is 5.07. The summed E-state index contributed by atoms with van der Waals surface area (Å²) in [5.41, 5.74) is 1.36. The Morgan fingerprint density at radius 1 is 1.43 bits per heavy atom. The molecular formula is C5H9OP. The summed E-state index contributed by atoms with van der Waals surface area (Å²) >= 11 is 0. The van der Waals surface area contributed by atoms with Crippen LogP contribution in [0.1, 0.15) is 12.8 Å². The van der Waals surface area contributed by atoms with E-state index in [9.17, 15) is 4.57 Å². The van der Waals surface area contributed by atoms with Gasteiger partial charge in [-0.3, -0.25) is 0 Å². The molecule has 40 valence electrons. The Kier molecular flexibility index (Phi) is 0.498. The van der Waals surface area contributed by atoms with Crippen LogP contribution in [0.4, 0.5) is 0 Å². The lowest BCUT2D eigenvalue weighted by Crippen LogP contribution is -2.47. The van der Waals surface area contributed by atoms with Gasteiger partial charge in [0.1, 0.15) is 0 Å². The molecule has 7 heavy (non-hydrogen) atoms. The Bertz CT molecular complexity index is 134. The monoisotopic (exact) mass is 116 g/mol. The molecule has 0 atom stereocenters. The van der Waals surface area contributed by atoms with E-state index in [1.807, 2.05) is 6.66 Å². The Balaban J connectivity index is 2.33. The molecule has 3 aliphatic rings. The summed E-state index contributed by atoms with van der Waals surface area (Å²) in [5.74, 6) is 0. The summed E-state index contributed by atoms with van der Waals surface area (Å²) < 4.78 is 11.1. The fraction of sp³-hybridized carbons (Fsp3) is 1.00. The van der Waals surface area contributed by atoms with Gasteiger partial charge in [-0.1, -0.05) is 0 Å². The third kappa shape index (κ3) is 0.272. The minimum atomic E-state index is -1.46. The van der Waals surface area contributed by atoms with Crippen molar-refractivity contribution in [1.29, 1.82) is 0 Å². The van der Waals surface area contributed by atoms with Gasteiger partial charge < -0.3 is 4.57 Å². The molecule has 2 saturated heterocycles. The molecule has 2 heteroatoms. The molecule has 1 nitrogen and oxygen atoms in total. The first-order valence-corrected chi connectivity index (χ1v) is 5.07. The van der Waals surface area contributed by atoms with E-state index in [4.69, 9.17) is 0 Å². The van der Waals surface area contributed by atoms with E-state index in [0.29, 0.717) is 11.3 Å². The first kappa shape index (κ1) is 4.14. The van der Waals surface area contributed by atoms with Gasteiger partial charge >= 0.3 is 0 Å². The van der Waals surface area contributed by atoms with Crippen molar-refractivity contribution in [3.8, 4) is 0 Å². The zero-order valence-corrected chi connectivity index (χ0v) is 5.32. The van der Waals surface area contributed by atoms with Gasteiger partial charge in [0.05, 0.1) is 7.14 Å². The summed E-state index contributed by atoms with van der Waals surface area (Å²) in [5, 5.41) is 0. The molecule has 1 aliphatic carbocycles. The second kappa shape index (κ2) is 0.842. The van der Waals surface area contributed by atoms with Crippen LogP contribution < -0.4 is 0 Å². The van der Waals surface area contributed by atoms with Crippen molar-refractivity contribution in [2.75, 3.05) is 6.66 Å². The highest BCUT2D eigenvalue weighted by atomic mass is 31.2. The van der Waals surface area contributed by atoms with Gasteiger partial charge in [-0.05, 0) is 19.5 Å². The summed E-state index contributed by atoms with van der Waals surface area (Å²) in [4.78, 5) is 0. The van der Waals surface area contributed by atoms with Crippen LogP contribution in [0, 0.1) is 0 Å². The minimum absolute atomic E-state index is 0.678. The third-order valence-electron chi connectivity index (χ3n) is 2.54. The van der Waals surface area contributed by atoms with Crippen molar-refractivity contribution < 1.29 is 4.57 Å². The Morgan fingerprint density at radius 2 is 1.71 bits per heavy atom. The average Bonchev–Trinajstić information content (AvgIpc) is 1.26. The molecule has 3 fully saturated rings. The molecule has 0 aromatic carbocycles. The fourth-order valence-electron chi connectivity index (χ4n) is 1.42. The Labute approximate surface area is 43.5 Å². The highest BCUT2D eigenvalue weighted by Crippen LogP contribution is 2.76. The SMILES string of the molecule is CP1(=O)C2CC1C2. The highest BCUT2D eigenvalue weighted by molar-refractivity contribution is 7.68. The van der Waals surface area contributed by atoms with Crippen LogP contribution >= 0.6 is 7.14 Å². The van der Waals surface area contributed by atoms with Crippen molar-refractivity contribution >= 4 is 7.14 Å². The quantitative estimate of drug-likeness (QED) is 0.438. The number of rotatable bonds is 0. The molecule has 0 amide bonds. The highest BCUT2D eigenvalue weighted by Gasteiger charge is 2.58. The first-order valence-electron chi connectivity index (χ1n) is 2.78. The van der Waals surface area contributed by atoms with Gasteiger partial charge in [-0.25, -0.2) is 0 Å². The van der Waals surface area contributed by atoms with Crippen molar-refractivity contribution in [2.24, 2.45) is 0 Å². The van der Waals surface area contributed by atoms with E-state index < -0.39 is 7.14 Å². The molecule has 0 radical (unpaired) electrons. The van der Waals surface area contributed by atoms with Crippen LogP contribution in [-0.2, 0) is 4.57 Å². The molecule has 2 heterocycles. The third-order valence-corrected chi connectivity index (χ3v) is 6.28. The normalized spacial score (nSPS) is 65.9. The van der Waals surface area contributed by atoms with E-state index in [2.05, 4.69) is 0 Å². The predicted molar refractivity (Wildman–Crippen MR) is 30.3 cm³/mol. The van der Waals surface area contributed by atoms with Gasteiger partial charge in [0, 0.05) is 11.3 Å². The number of hydrogen-bond acceptors (Lipinski definition) is 1. The predicted octanol–water partition coefficient (Wildman–Crippen LogP) is 1.52. The lowest BCUT2D eigenvalue weighted by molar-refractivity contribution is 0.389. The van der Waals surface area contributed by atoms with E-state index in [1.165, 1.54) is 12.8 Å². The molecule has 0 spiro atoms. The molecule has 2 bridgehead atoms. The lowest BCUT2D eigenvalue weighted by Gasteiger charge is -2.55. The van der Waals surface area contributed by atoms with Crippen LogP contribution in [0.5, 0.6) is 0 Å². The van der Waals surface area contributed by atoms with Crippen LogP contribution in [-0.4, -0.2) is 18.0 Å². The Morgan fingerprint density at radius 3 is 1.71 bits per heavy atom. The summed E-state index contributed by atoms with van der Waals surface area (Å²) in [6.07, 6.45) is 2.57. The van der Waals surface area contributed by atoms with Crippen LogP contribution in [0.15, 0.2) is 0 Å². The topological polar surface area (TPSA) is 17.1 Å². The number of hydrogen-bond donors (Lipinski definition) is 0. The van der Waals surface area contributed by atoms with Crippen molar-refractivity contribution in [3.63, 3.8) is 0 Å². The van der Waals surface area contributed by atoms with Crippen molar-refractivity contribution in [3.05, 3.63) is 0 Å². The molecule has 0 aromatic heterocycles. The van der Waals surface area contributed by atoms with E-state index in [1.54, 1.807) is 0 Å². The molecule has 3 rings (SSSR count). The average molecular weight is 116 g/mol. The summed E-state index contributed by atoms with van der Waals surface area (Å²) in [6, 6.07) is 0. The summed E-state index contributed by atoms with van der Waals surface area (Å²) in [6.45, 7) is 1.95. The second-order valence-corrected chi connectivity index (χ2v) is 6.42. The van der Waals surface area contributed by atoms with Crippen LogP contribution in [0.2, 0.25) is 0 Å². The summed E-state index contributed by atoms with van der Waals surface area (Å²) in [7, 11) is -1.46. The maximum atomic E-state index is 11.1. The van der Waals surface area contributed by atoms with Crippen LogP contribution in [0.3, 0.4) is 0 Å². The molecule has 0 N–H and O–H groups in total. The van der Waals surface area contributed by atoms with Gasteiger partial charge in [-0.15, -0.1) is 0 Å². The van der Waals surface area contributed by atoms with E-state index in [0.717, 1.165) is 0 Å². The maximum absolute atomic E-state index is 11.1. The standard InChI is InChI=1S/C5H9OP/c1-7(6)4-2-5(7)3-4/h4-5H,2-3H2,1H3. The van der Waals surface area contributed by atoms with Crippen molar-refractivity contribution in [2.45, 2.75) is 24.2 Å². The first-order chi connectivity index (χ1) is 3.21. The largest absolute Gasteiger partial charge is 0.323 e. The van der Waals surface area contributed by atoms with Crippen LogP contribution in [0.25, 0.3) is 0 Å². The molecule has 1 saturated carbocycles. The van der Waals surface area contributed by atoms with Crippen molar-refractivity contribution in [1.82, 2.24) is 0 Å². The molecule has 0 unspecified atom stereocenters. The smallest absolute Gasteiger partial charge is 0.0907 e. The van der Waals surface area contributed by atoms with Gasteiger partial charge in [-0.2, -0.15) is 0 Å². The fourth-order valence-corrected chi connectivity index (χ4v) is 3.92. The second-order valence-electron chi connectivity index (χ2n) is 2.84.